The van der Waals surface area contributed by atoms with Crippen LogP contribution in [0.15, 0.2) is 35.3 Å². The molecule has 1 aromatic rings. The van der Waals surface area contributed by atoms with Crippen LogP contribution in [0, 0.1) is 5.92 Å². The van der Waals surface area contributed by atoms with E-state index in [1.165, 1.54) is 6.42 Å². The molecule has 0 fully saturated rings. The van der Waals surface area contributed by atoms with Crippen LogP contribution in [-0.4, -0.2) is 17.0 Å². The van der Waals surface area contributed by atoms with Gasteiger partial charge in [-0.1, -0.05) is 43.8 Å². The second-order valence-electron chi connectivity index (χ2n) is 4.51. The predicted octanol–water partition coefficient (Wildman–Crippen LogP) is 3.62. The van der Waals surface area contributed by atoms with Gasteiger partial charge in [-0.15, -0.1) is 0 Å². The molecule has 2 nitrogen and oxygen atoms in total. The molecular formula is C13H18N2S. The first-order chi connectivity index (χ1) is 7.74. The monoisotopic (exact) mass is 234 g/mol. The molecule has 2 rings (SSSR count). The molecule has 3 heteroatoms. The van der Waals surface area contributed by atoms with E-state index in [1.54, 1.807) is 0 Å². The van der Waals surface area contributed by atoms with Gasteiger partial charge in [0.25, 0.3) is 0 Å². The summed E-state index contributed by atoms with van der Waals surface area (Å²) in [5.41, 5.74) is 1.12. The summed E-state index contributed by atoms with van der Waals surface area (Å²) >= 11 is 1.87. The van der Waals surface area contributed by atoms with Gasteiger partial charge in [-0.2, -0.15) is 0 Å². The number of hydrogen-bond donors (Lipinski definition) is 1. The Balaban J connectivity index is 1.85. The van der Waals surface area contributed by atoms with E-state index in [4.69, 9.17) is 0 Å². The van der Waals surface area contributed by atoms with Gasteiger partial charge in [0.15, 0.2) is 5.17 Å². The van der Waals surface area contributed by atoms with Crippen LogP contribution < -0.4 is 5.32 Å². The van der Waals surface area contributed by atoms with Crippen LogP contribution >= 0.6 is 11.8 Å². The Morgan fingerprint density at radius 1 is 1.38 bits per heavy atom. The molecule has 1 heterocycles. The van der Waals surface area contributed by atoms with Crippen molar-refractivity contribution in [3.05, 3.63) is 30.3 Å². The Morgan fingerprint density at radius 3 is 2.81 bits per heavy atom. The molecule has 0 spiro atoms. The molecule has 1 atom stereocenters. The van der Waals surface area contributed by atoms with Crippen molar-refractivity contribution in [2.45, 2.75) is 25.5 Å². The minimum atomic E-state index is 0.659. The SMILES string of the molecule is CC(C)CC1CN=C(Nc2ccccc2)S1. The summed E-state index contributed by atoms with van der Waals surface area (Å²) in [6.45, 7) is 5.49. The molecule has 0 radical (unpaired) electrons. The minimum Gasteiger partial charge on any atom is -0.335 e. The van der Waals surface area contributed by atoms with Crippen LogP contribution in [0.25, 0.3) is 0 Å². The Morgan fingerprint density at radius 2 is 2.12 bits per heavy atom. The summed E-state index contributed by atoms with van der Waals surface area (Å²) in [5.74, 6) is 0.753. The fourth-order valence-electron chi connectivity index (χ4n) is 1.78. The van der Waals surface area contributed by atoms with Crippen LogP contribution in [0.3, 0.4) is 0 Å². The first kappa shape index (κ1) is 11.5. The molecule has 1 aromatic carbocycles. The lowest BCUT2D eigenvalue weighted by Crippen LogP contribution is -2.09. The molecule has 86 valence electrons. The number of anilines is 1. The lowest BCUT2D eigenvalue weighted by atomic mass is 10.1. The summed E-state index contributed by atoms with van der Waals surface area (Å²) < 4.78 is 0. The third kappa shape index (κ3) is 3.27. The zero-order valence-electron chi connectivity index (χ0n) is 9.81. The van der Waals surface area contributed by atoms with Gasteiger partial charge in [-0.05, 0) is 24.5 Å². The van der Waals surface area contributed by atoms with Crippen LogP contribution in [0.4, 0.5) is 5.69 Å². The van der Waals surface area contributed by atoms with E-state index in [-0.39, 0.29) is 0 Å². The number of aliphatic imine (C=N–C) groups is 1. The van der Waals surface area contributed by atoms with Gasteiger partial charge in [-0.25, -0.2) is 0 Å². The van der Waals surface area contributed by atoms with Crippen molar-refractivity contribution in [1.82, 2.24) is 0 Å². The van der Waals surface area contributed by atoms with E-state index in [9.17, 15) is 0 Å². The van der Waals surface area contributed by atoms with Gasteiger partial charge < -0.3 is 5.32 Å². The molecule has 1 aliphatic rings. The highest BCUT2D eigenvalue weighted by atomic mass is 32.2. The van der Waals surface area contributed by atoms with Crippen molar-refractivity contribution in [2.24, 2.45) is 10.9 Å². The van der Waals surface area contributed by atoms with Gasteiger partial charge in [0.1, 0.15) is 0 Å². The van der Waals surface area contributed by atoms with Crippen LogP contribution in [0.1, 0.15) is 20.3 Å². The fourth-order valence-corrected chi connectivity index (χ4v) is 3.05. The maximum absolute atomic E-state index is 4.53. The van der Waals surface area contributed by atoms with E-state index in [2.05, 4.69) is 36.3 Å². The zero-order chi connectivity index (χ0) is 11.4. The summed E-state index contributed by atoms with van der Waals surface area (Å²) in [6, 6.07) is 10.2. The molecule has 1 N–H and O–H groups in total. The lowest BCUT2D eigenvalue weighted by Gasteiger charge is -2.11. The number of nitrogens with zero attached hydrogens (tertiary/aromatic N) is 1. The standard InChI is InChI=1S/C13H18N2S/c1-10(2)8-12-9-14-13(16-12)15-11-6-4-3-5-7-11/h3-7,10,12H,8-9H2,1-2H3,(H,14,15). The Kier molecular flexibility index (Phi) is 3.88. The highest BCUT2D eigenvalue weighted by Crippen LogP contribution is 2.27. The summed E-state index contributed by atoms with van der Waals surface area (Å²) in [4.78, 5) is 4.53. The molecule has 1 unspecified atom stereocenters. The highest BCUT2D eigenvalue weighted by Gasteiger charge is 2.20. The van der Waals surface area contributed by atoms with Gasteiger partial charge in [-0.3, -0.25) is 4.99 Å². The van der Waals surface area contributed by atoms with Crippen molar-refractivity contribution >= 4 is 22.6 Å². The Bertz CT molecular complexity index is 359. The zero-order valence-corrected chi connectivity index (χ0v) is 10.6. The van der Waals surface area contributed by atoms with Gasteiger partial charge in [0.05, 0.1) is 6.54 Å². The molecule has 16 heavy (non-hydrogen) atoms. The molecule has 0 aromatic heterocycles. The molecular weight excluding hydrogens is 216 g/mol. The average molecular weight is 234 g/mol. The molecule has 0 saturated carbocycles. The van der Waals surface area contributed by atoms with E-state index in [0.29, 0.717) is 5.25 Å². The van der Waals surface area contributed by atoms with E-state index in [0.717, 1.165) is 23.3 Å². The van der Waals surface area contributed by atoms with E-state index < -0.39 is 0 Å². The fraction of sp³-hybridized carbons (Fsp3) is 0.462. The first-order valence-electron chi connectivity index (χ1n) is 5.77. The molecule has 1 aliphatic heterocycles. The Labute approximate surface area is 102 Å². The van der Waals surface area contributed by atoms with Gasteiger partial charge in [0, 0.05) is 10.9 Å². The second-order valence-corrected chi connectivity index (χ2v) is 5.80. The average Bonchev–Trinajstić information content (AvgIpc) is 2.66. The third-order valence-electron chi connectivity index (χ3n) is 2.48. The summed E-state index contributed by atoms with van der Waals surface area (Å²) in [7, 11) is 0. The molecule has 0 saturated heterocycles. The van der Waals surface area contributed by atoms with Crippen molar-refractivity contribution < 1.29 is 0 Å². The molecule has 0 bridgehead atoms. The number of thioether (sulfide) groups is 1. The third-order valence-corrected chi connectivity index (χ3v) is 3.61. The maximum Gasteiger partial charge on any atom is 0.161 e. The highest BCUT2D eigenvalue weighted by molar-refractivity contribution is 8.15. The Hall–Kier alpha value is -0.960. The normalized spacial score (nSPS) is 19.9. The number of nitrogens with one attached hydrogen (secondary N) is 1. The van der Waals surface area contributed by atoms with Crippen LogP contribution in [0.5, 0.6) is 0 Å². The van der Waals surface area contributed by atoms with Crippen LogP contribution in [-0.2, 0) is 0 Å². The summed E-state index contributed by atoms with van der Waals surface area (Å²) in [6.07, 6.45) is 1.24. The van der Waals surface area contributed by atoms with E-state index >= 15 is 0 Å². The smallest absolute Gasteiger partial charge is 0.161 e. The van der Waals surface area contributed by atoms with Crippen LogP contribution in [0.2, 0.25) is 0 Å². The number of benzene rings is 1. The number of amidine groups is 1. The first-order valence-corrected chi connectivity index (χ1v) is 6.65. The predicted molar refractivity (Wildman–Crippen MR) is 73.2 cm³/mol. The molecule has 0 amide bonds. The lowest BCUT2D eigenvalue weighted by molar-refractivity contribution is 0.575. The van der Waals surface area contributed by atoms with Crippen molar-refractivity contribution in [3.8, 4) is 0 Å². The quantitative estimate of drug-likeness (QED) is 0.864. The minimum absolute atomic E-state index is 0.659. The van der Waals surface area contributed by atoms with E-state index in [1.807, 2.05) is 30.0 Å². The second kappa shape index (κ2) is 5.39. The van der Waals surface area contributed by atoms with Gasteiger partial charge in [0.2, 0.25) is 0 Å². The summed E-state index contributed by atoms with van der Waals surface area (Å²) in [5, 5.41) is 5.08. The maximum atomic E-state index is 4.53. The van der Waals surface area contributed by atoms with Crippen molar-refractivity contribution in [1.29, 1.82) is 0 Å². The van der Waals surface area contributed by atoms with Gasteiger partial charge >= 0.3 is 0 Å². The largest absolute Gasteiger partial charge is 0.335 e. The van der Waals surface area contributed by atoms with Crippen molar-refractivity contribution in [3.63, 3.8) is 0 Å². The molecule has 0 aliphatic carbocycles. The number of para-hydroxylation sites is 1. The number of rotatable bonds is 3. The van der Waals surface area contributed by atoms with Crippen molar-refractivity contribution in [2.75, 3.05) is 11.9 Å². The topological polar surface area (TPSA) is 24.4 Å². The number of hydrogen-bond acceptors (Lipinski definition) is 3.